The van der Waals surface area contributed by atoms with Gasteiger partial charge in [0.1, 0.15) is 6.10 Å². The van der Waals surface area contributed by atoms with Gasteiger partial charge < -0.3 is 20.8 Å². The maximum Gasteiger partial charge on any atom is 0.251 e. The Bertz CT molecular complexity index is 434. The predicted octanol–water partition coefficient (Wildman–Crippen LogP) is -0.456. The number of likely N-dealkylation sites (N-methyl/N-ethyl adjacent to an activating group) is 1. The van der Waals surface area contributed by atoms with Crippen molar-refractivity contribution in [1.29, 1.82) is 0 Å². The van der Waals surface area contributed by atoms with E-state index >= 15 is 0 Å². The lowest BCUT2D eigenvalue weighted by atomic mass is 9.96. The molecule has 1 aliphatic rings. The zero-order valence-corrected chi connectivity index (χ0v) is 9.60. The molecule has 0 aromatic heterocycles. The van der Waals surface area contributed by atoms with Gasteiger partial charge in [0.25, 0.3) is 5.91 Å². The van der Waals surface area contributed by atoms with Crippen LogP contribution in [0, 0.1) is 0 Å². The largest absolute Gasteiger partial charge is 0.389 e. The van der Waals surface area contributed by atoms with Gasteiger partial charge in [0.15, 0.2) is 0 Å². The number of carbonyl (C=O) groups excluding carboxylic acids is 1. The number of aliphatic hydroxyl groups excluding tert-OH is 2. The Morgan fingerprint density at radius 2 is 2.24 bits per heavy atom. The Kier molecular flexibility index (Phi) is 3.42. The smallest absolute Gasteiger partial charge is 0.251 e. The highest BCUT2D eigenvalue weighted by Gasteiger charge is 2.27. The molecule has 1 heterocycles. The van der Waals surface area contributed by atoms with Gasteiger partial charge in [-0.05, 0) is 24.2 Å². The van der Waals surface area contributed by atoms with Crippen LogP contribution in [0.5, 0.6) is 0 Å². The minimum atomic E-state index is -0.981. The van der Waals surface area contributed by atoms with Crippen LogP contribution in [0.2, 0.25) is 0 Å². The molecule has 2 atom stereocenters. The number of aliphatic hydroxyl groups is 2. The molecule has 0 spiro atoms. The molecule has 92 valence electrons. The first kappa shape index (κ1) is 12.0. The zero-order valence-electron chi connectivity index (χ0n) is 9.60. The first-order valence-corrected chi connectivity index (χ1v) is 5.56. The van der Waals surface area contributed by atoms with Gasteiger partial charge in [-0.2, -0.15) is 0 Å². The molecule has 0 radical (unpaired) electrons. The molecule has 0 aliphatic carbocycles. The zero-order chi connectivity index (χ0) is 12.4. The van der Waals surface area contributed by atoms with Gasteiger partial charge in [-0.1, -0.05) is 12.1 Å². The minimum Gasteiger partial charge on any atom is -0.389 e. The van der Waals surface area contributed by atoms with E-state index in [1.165, 1.54) is 0 Å². The second-order valence-corrected chi connectivity index (χ2v) is 4.13. The lowest BCUT2D eigenvalue weighted by molar-refractivity contribution is 0.0197. The molecule has 1 amide bonds. The molecule has 5 heteroatoms. The van der Waals surface area contributed by atoms with Crippen molar-refractivity contribution in [3.05, 3.63) is 34.9 Å². The van der Waals surface area contributed by atoms with Crippen LogP contribution in [0.15, 0.2) is 18.2 Å². The minimum absolute atomic E-state index is 0.128. The number of benzene rings is 1. The van der Waals surface area contributed by atoms with Crippen LogP contribution in [0.3, 0.4) is 0 Å². The highest BCUT2D eigenvalue weighted by Crippen LogP contribution is 2.26. The summed E-state index contributed by atoms with van der Waals surface area (Å²) in [7, 11) is 1.70. The molecule has 1 aromatic carbocycles. The number of hydrogen-bond acceptors (Lipinski definition) is 4. The molecule has 2 rings (SSSR count). The van der Waals surface area contributed by atoms with Crippen molar-refractivity contribution >= 4 is 5.91 Å². The Morgan fingerprint density at radius 3 is 2.94 bits per heavy atom. The van der Waals surface area contributed by atoms with E-state index < -0.39 is 12.2 Å². The second kappa shape index (κ2) is 4.83. The molecule has 0 saturated heterocycles. The third-order valence-electron chi connectivity index (χ3n) is 2.98. The monoisotopic (exact) mass is 236 g/mol. The highest BCUT2D eigenvalue weighted by molar-refractivity contribution is 5.98. The summed E-state index contributed by atoms with van der Waals surface area (Å²) in [6.45, 7) is 0.708. The molecule has 0 bridgehead atoms. The van der Waals surface area contributed by atoms with E-state index in [4.69, 9.17) is 0 Å². The average Bonchev–Trinajstić information content (AvgIpc) is 2.71. The Morgan fingerprint density at radius 1 is 1.47 bits per heavy atom. The van der Waals surface area contributed by atoms with E-state index in [9.17, 15) is 15.0 Å². The molecule has 4 N–H and O–H groups in total. The summed E-state index contributed by atoms with van der Waals surface area (Å²) < 4.78 is 0. The van der Waals surface area contributed by atoms with Gasteiger partial charge in [0, 0.05) is 18.7 Å². The van der Waals surface area contributed by atoms with Gasteiger partial charge in [-0.3, -0.25) is 4.79 Å². The van der Waals surface area contributed by atoms with Gasteiger partial charge >= 0.3 is 0 Å². The summed E-state index contributed by atoms with van der Waals surface area (Å²) in [4.78, 5) is 11.5. The van der Waals surface area contributed by atoms with Crippen molar-refractivity contribution < 1.29 is 15.0 Å². The quantitative estimate of drug-likeness (QED) is 0.570. The van der Waals surface area contributed by atoms with Crippen LogP contribution >= 0.6 is 0 Å². The van der Waals surface area contributed by atoms with Crippen LogP contribution in [0.25, 0.3) is 0 Å². The van der Waals surface area contributed by atoms with Crippen molar-refractivity contribution in [2.75, 3.05) is 13.6 Å². The number of fused-ring (bicyclic) bond motifs is 1. The molecule has 0 saturated carbocycles. The maximum atomic E-state index is 11.5. The van der Waals surface area contributed by atoms with Crippen molar-refractivity contribution in [3.8, 4) is 0 Å². The number of rotatable bonds is 4. The highest BCUT2D eigenvalue weighted by atomic mass is 16.3. The summed E-state index contributed by atoms with van der Waals surface area (Å²) in [5, 5.41) is 25.3. The normalized spacial score (nSPS) is 17.5. The van der Waals surface area contributed by atoms with Gasteiger partial charge in [0.2, 0.25) is 0 Å². The number of hydrogen-bond donors (Lipinski definition) is 4. The van der Waals surface area contributed by atoms with Crippen LogP contribution in [0.4, 0.5) is 0 Å². The molecule has 5 nitrogen and oxygen atoms in total. The summed E-state index contributed by atoms with van der Waals surface area (Å²) in [6.07, 6.45) is -1.87. The number of carbonyl (C=O) groups is 1. The Balaban J connectivity index is 2.31. The fourth-order valence-corrected chi connectivity index (χ4v) is 2.08. The van der Waals surface area contributed by atoms with Gasteiger partial charge in [-0.25, -0.2) is 0 Å². The van der Waals surface area contributed by atoms with E-state index in [-0.39, 0.29) is 5.91 Å². The molecular weight excluding hydrogens is 220 g/mol. The predicted molar refractivity (Wildman–Crippen MR) is 62.5 cm³/mol. The van der Waals surface area contributed by atoms with Crippen molar-refractivity contribution in [2.45, 2.75) is 18.8 Å². The second-order valence-electron chi connectivity index (χ2n) is 4.13. The molecular formula is C12H16N2O3. The molecule has 2 unspecified atom stereocenters. The summed E-state index contributed by atoms with van der Waals surface area (Å²) in [6, 6.07) is 5.18. The van der Waals surface area contributed by atoms with E-state index in [2.05, 4.69) is 10.6 Å². The molecule has 1 aromatic rings. The number of nitrogens with one attached hydrogen (secondary N) is 2. The third-order valence-corrected chi connectivity index (χ3v) is 2.98. The topological polar surface area (TPSA) is 81.6 Å². The van der Waals surface area contributed by atoms with Crippen LogP contribution < -0.4 is 10.6 Å². The first-order chi connectivity index (χ1) is 8.15. The lowest BCUT2D eigenvalue weighted by Crippen LogP contribution is -2.30. The van der Waals surface area contributed by atoms with Crippen LogP contribution in [-0.4, -0.2) is 35.8 Å². The van der Waals surface area contributed by atoms with Crippen LogP contribution in [-0.2, 0) is 6.54 Å². The first-order valence-electron chi connectivity index (χ1n) is 5.56. The van der Waals surface area contributed by atoms with Gasteiger partial charge in [0.05, 0.1) is 6.10 Å². The average molecular weight is 236 g/mol. The Labute approximate surface area is 99.5 Å². The SMILES string of the molecule is CNCC(O)C(O)c1cccc2c1CNC2=O. The van der Waals surface area contributed by atoms with E-state index in [0.717, 1.165) is 5.56 Å². The maximum absolute atomic E-state index is 11.5. The van der Waals surface area contributed by atoms with E-state index in [0.29, 0.717) is 24.2 Å². The third kappa shape index (κ3) is 2.17. The fraction of sp³-hybridized carbons (Fsp3) is 0.417. The van der Waals surface area contributed by atoms with E-state index in [1.54, 1.807) is 25.2 Å². The van der Waals surface area contributed by atoms with Crippen molar-refractivity contribution in [3.63, 3.8) is 0 Å². The van der Waals surface area contributed by atoms with Crippen molar-refractivity contribution in [1.82, 2.24) is 10.6 Å². The summed E-state index contributed by atoms with van der Waals surface area (Å²) in [5.41, 5.74) is 1.97. The van der Waals surface area contributed by atoms with Crippen LogP contribution in [0.1, 0.15) is 27.6 Å². The summed E-state index contributed by atoms with van der Waals surface area (Å²) >= 11 is 0. The van der Waals surface area contributed by atoms with Gasteiger partial charge in [-0.15, -0.1) is 0 Å². The lowest BCUT2D eigenvalue weighted by Gasteiger charge is -2.19. The molecule has 0 fully saturated rings. The van der Waals surface area contributed by atoms with E-state index in [1.807, 2.05) is 0 Å². The Hall–Kier alpha value is -1.43. The molecule has 1 aliphatic heterocycles. The molecule has 17 heavy (non-hydrogen) atoms. The number of amides is 1. The summed E-state index contributed by atoms with van der Waals surface area (Å²) in [5.74, 6) is -0.128. The fourth-order valence-electron chi connectivity index (χ4n) is 2.08. The standard InChI is InChI=1S/C12H16N2O3/c1-13-6-10(15)11(16)7-3-2-4-8-9(7)5-14-12(8)17/h2-4,10-11,13,15-16H,5-6H2,1H3,(H,14,17). The van der Waals surface area contributed by atoms with Crippen molar-refractivity contribution in [2.24, 2.45) is 0 Å².